The molecule has 0 bridgehead atoms. The van der Waals surface area contributed by atoms with Gasteiger partial charge in [0.05, 0.1) is 18.4 Å². The van der Waals surface area contributed by atoms with Crippen molar-refractivity contribution >= 4 is 28.8 Å². The van der Waals surface area contributed by atoms with Gasteiger partial charge in [-0.1, -0.05) is 23.7 Å². The number of amides is 1. The minimum absolute atomic E-state index is 0.00897. The molecule has 5 rings (SSSR count). The highest BCUT2D eigenvalue weighted by molar-refractivity contribution is 6.30. The lowest BCUT2D eigenvalue weighted by Gasteiger charge is -2.10. The number of rotatable bonds is 5. The Bertz CT molecular complexity index is 1310. The number of carbonyl (C=O) groups is 1. The van der Waals surface area contributed by atoms with Crippen LogP contribution in [0.2, 0.25) is 5.02 Å². The number of carbonyl (C=O) groups excluding carboxylic acids is 1. The summed E-state index contributed by atoms with van der Waals surface area (Å²) in [6.07, 6.45) is 0.0679. The molecule has 1 aliphatic carbocycles. The summed E-state index contributed by atoms with van der Waals surface area (Å²) in [5.41, 5.74) is 0.614. The van der Waals surface area contributed by atoms with E-state index < -0.39 is 17.8 Å². The molecule has 4 aromatic rings. The molecule has 1 N–H and O–H groups in total. The van der Waals surface area contributed by atoms with E-state index in [1.807, 2.05) is 12.1 Å². The fourth-order valence-electron chi connectivity index (χ4n) is 3.38. The summed E-state index contributed by atoms with van der Waals surface area (Å²) in [7, 11) is 0. The Morgan fingerprint density at radius 3 is 2.62 bits per heavy atom. The number of alkyl halides is 3. The molecule has 1 fully saturated rings. The molecule has 3 heterocycles. The van der Waals surface area contributed by atoms with Gasteiger partial charge in [0.25, 0.3) is 5.91 Å². The Kier molecular flexibility index (Phi) is 4.89. The molecule has 1 aliphatic rings. The zero-order valence-electron chi connectivity index (χ0n) is 16.5. The van der Waals surface area contributed by atoms with Gasteiger partial charge < -0.3 is 5.32 Å². The molecule has 0 unspecified atom stereocenters. The zero-order valence-corrected chi connectivity index (χ0v) is 17.2. The van der Waals surface area contributed by atoms with Gasteiger partial charge in [0.15, 0.2) is 11.3 Å². The Labute approximate surface area is 184 Å². The molecule has 11 heteroatoms. The number of nitrogens with zero attached hydrogens (tertiary/aromatic N) is 5. The van der Waals surface area contributed by atoms with Crippen LogP contribution in [0.4, 0.5) is 18.9 Å². The normalized spacial score (nSPS) is 14.1. The fraction of sp³-hybridized carbons (Fsp3) is 0.238. The number of nitrogens with one attached hydrogen (secondary N) is 1. The molecular weight excluding hydrogens is 445 g/mol. The van der Waals surface area contributed by atoms with Crippen molar-refractivity contribution in [2.24, 2.45) is 0 Å². The number of aromatic nitrogens is 5. The van der Waals surface area contributed by atoms with Crippen molar-refractivity contribution in [2.75, 3.05) is 5.32 Å². The molecule has 1 aromatic carbocycles. The maximum absolute atomic E-state index is 13.5. The first kappa shape index (κ1) is 20.5. The van der Waals surface area contributed by atoms with Crippen molar-refractivity contribution in [3.05, 3.63) is 76.5 Å². The van der Waals surface area contributed by atoms with E-state index in [2.05, 4.69) is 20.5 Å². The third kappa shape index (κ3) is 4.18. The summed E-state index contributed by atoms with van der Waals surface area (Å²) in [4.78, 5) is 16.9. The summed E-state index contributed by atoms with van der Waals surface area (Å²) < 4.78 is 42.9. The highest BCUT2D eigenvalue weighted by atomic mass is 35.5. The largest absolute Gasteiger partial charge is 0.433 e. The molecule has 1 amide bonds. The summed E-state index contributed by atoms with van der Waals surface area (Å²) in [5.74, 6) is -0.623. The van der Waals surface area contributed by atoms with Crippen molar-refractivity contribution in [1.82, 2.24) is 24.4 Å². The van der Waals surface area contributed by atoms with Crippen molar-refractivity contribution < 1.29 is 18.0 Å². The van der Waals surface area contributed by atoms with Crippen molar-refractivity contribution in [3.8, 4) is 0 Å². The van der Waals surface area contributed by atoms with Gasteiger partial charge in [-0.15, -0.1) is 0 Å². The van der Waals surface area contributed by atoms with E-state index in [1.165, 1.54) is 12.3 Å². The molecule has 0 saturated heterocycles. The number of halogens is 4. The van der Waals surface area contributed by atoms with E-state index in [0.717, 1.165) is 24.5 Å². The van der Waals surface area contributed by atoms with Crippen LogP contribution in [0.1, 0.15) is 46.2 Å². The second kappa shape index (κ2) is 7.63. The Hall–Kier alpha value is -3.40. The van der Waals surface area contributed by atoms with Crippen LogP contribution in [-0.4, -0.2) is 30.3 Å². The lowest BCUT2D eigenvalue weighted by molar-refractivity contribution is -0.142. The number of hydrogen-bond donors (Lipinski definition) is 1. The molecule has 164 valence electrons. The number of hydrogen-bond acceptors (Lipinski definition) is 4. The van der Waals surface area contributed by atoms with Crippen LogP contribution in [0.25, 0.3) is 5.65 Å². The van der Waals surface area contributed by atoms with Crippen LogP contribution < -0.4 is 5.32 Å². The molecule has 0 spiro atoms. The second-order valence-electron chi connectivity index (χ2n) is 7.65. The van der Waals surface area contributed by atoms with E-state index in [1.54, 1.807) is 23.0 Å². The zero-order chi connectivity index (χ0) is 22.5. The first-order valence-electron chi connectivity index (χ1n) is 9.82. The highest BCUT2D eigenvalue weighted by Crippen LogP contribution is 2.41. The van der Waals surface area contributed by atoms with Gasteiger partial charge in [0.1, 0.15) is 5.69 Å². The van der Waals surface area contributed by atoms with Crippen LogP contribution >= 0.6 is 11.6 Å². The van der Waals surface area contributed by atoms with E-state index in [9.17, 15) is 18.0 Å². The molecule has 0 atom stereocenters. The average Bonchev–Trinajstić information content (AvgIpc) is 3.35. The number of benzene rings is 1. The Morgan fingerprint density at radius 1 is 1.19 bits per heavy atom. The minimum Gasteiger partial charge on any atom is -0.318 e. The minimum atomic E-state index is -4.62. The second-order valence-corrected chi connectivity index (χ2v) is 8.08. The number of anilines is 1. The maximum Gasteiger partial charge on any atom is 0.433 e. The molecule has 0 radical (unpaired) electrons. The van der Waals surface area contributed by atoms with Crippen LogP contribution in [0, 0.1) is 0 Å². The lowest BCUT2D eigenvalue weighted by atomic mass is 10.2. The first-order valence-corrected chi connectivity index (χ1v) is 10.2. The predicted octanol–water partition coefficient (Wildman–Crippen LogP) is 4.78. The molecule has 32 heavy (non-hydrogen) atoms. The van der Waals surface area contributed by atoms with Crippen LogP contribution in [-0.2, 0) is 12.7 Å². The average molecular weight is 461 g/mol. The maximum atomic E-state index is 13.5. The summed E-state index contributed by atoms with van der Waals surface area (Å²) in [6.45, 7) is 0.463. The molecular formula is C21H16ClF3N6O. The molecule has 7 nitrogen and oxygen atoms in total. The fourth-order valence-corrected chi connectivity index (χ4v) is 3.51. The number of fused-ring (bicyclic) bond motifs is 1. The standard InChI is InChI=1S/C21H16ClF3N6O/c22-14-5-1-12(2-6-14)10-30-11-15(9-26-30)27-20(32)17-8-19-28-16(13-3-4-13)7-18(21(23,24)25)31(19)29-17/h1-2,5-9,11,13H,3-4,10H2,(H,27,32). The summed E-state index contributed by atoms with van der Waals surface area (Å²) in [5, 5.41) is 11.3. The lowest BCUT2D eigenvalue weighted by Crippen LogP contribution is -2.16. The third-order valence-electron chi connectivity index (χ3n) is 5.11. The smallest absolute Gasteiger partial charge is 0.318 e. The van der Waals surface area contributed by atoms with Crippen LogP contribution in [0.3, 0.4) is 0 Å². The van der Waals surface area contributed by atoms with Crippen molar-refractivity contribution in [1.29, 1.82) is 0 Å². The van der Waals surface area contributed by atoms with Crippen molar-refractivity contribution in [2.45, 2.75) is 31.5 Å². The third-order valence-corrected chi connectivity index (χ3v) is 5.37. The van der Waals surface area contributed by atoms with Gasteiger partial charge in [-0.05, 0) is 36.6 Å². The Balaban J connectivity index is 1.37. The first-order chi connectivity index (χ1) is 15.3. The van der Waals surface area contributed by atoms with Gasteiger partial charge >= 0.3 is 6.18 Å². The van der Waals surface area contributed by atoms with E-state index in [0.29, 0.717) is 27.5 Å². The molecule has 0 aliphatic heterocycles. The van der Waals surface area contributed by atoms with E-state index in [-0.39, 0.29) is 17.3 Å². The van der Waals surface area contributed by atoms with E-state index >= 15 is 0 Å². The van der Waals surface area contributed by atoms with Gasteiger partial charge in [-0.2, -0.15) is 23.4 Å². The van der Waals surface area contributed by atoms with Crippen LogP contribution in [0.5, 0.6) is 0 Å². The molecule has 1 saturated carbocycles. The molecule has 3 aromatic heterocycles. The predicted molar refractivity (Wildman–Crippen MR) is 111 cm³/mol. The summed E-state index contributed by atoms with van der Waals surface area (Å²) >= 11 is 5.88. The Morgan fingerprint density at radius 2 is 1.94 bits per heavy atom. The van der Waals surface area contributed by atoms with Gasteiger partial charge in [0.2, 0.25) is 0 Å². The summed E-state index contributed by atoms with van der Waals surface area (Å²) in [6, 6.07) is 9.53. The van der Waals surface area contributed by atoms with Gasteiger partial charge in [-0.25, -0.2) is 9.50 Å². The highest BCUT2D eigenvalue weighted by Gasteiger charge is 2.37. The van der Waals surface area contributed by atoms with Gasteiger partial charge in [0, 0.05) is 28.9 Å². The topological polar surface area (TPSA) is 77.1 Å². The monoisotopic (exact) mass is 460 g/mol. The van der Waals surface area contributed by atoms with E-state index in [4.69, 9.17) is 11.6 Å². The SMILES string of the molecule is O=C(Nc1cnn(Cc2ccc(Cl)cc2)c1)c1cc2nc(C3CC3)cc(C(F)(F)F)n2n1. The van der Waals surface area contributed by atoms with Gasteiger partial charge in [-0.3, -0.25) is 9.48 Å². The van der Waals surface area contributed by atoms with Crippen LogP contribution in [0.15, 0.2) is 48.8 Å². The van der Waals surface area contributed by atoms with Crippen molar-refractivity contribution in [3.63, 3.8) is 0 Å². The quantitative estimate of drug-likeness (QED) is 0.465.